The molecule has 0 amide bonds. The number of furan rings is 1. The van der Waals surface area contributed by atoms with Crippen LogP contribution in [0.1, 0.15) is 0 Å². The highest BCUT2D eigenvalue weighted by molar-refractivity contribution is 7.27. The van der Waals surface area contributed by atoms with E-state index in [0.29, 0.717) is 17.5 Å². The molecule has 57 heavy (non-hydrogen) atoms. The molecule has 0 aliphatic rings. The molecule has 4 aromatic heterocycles. The molecule has 4 nitrogen and oxygen atoms in total. The second kappa shape index (κ2) is 12.8. The molecular weight excluding hydrogens is 735 g/mol. The van der Waals surface area contributed by atoms with E-state index in [1.807, 2.05) is 65.1 Å². The van der Waals surface area contributed by atoms with Gasteiger partial charge in [-0.15, -0.1) is 22.7 Å². The molecule has 0 fully saturated rings. The van der Waals surface area contributed by atoms with Crippen molar-refractivity contribution in [1.29, 1.82) is 0 Å². The Morgan fingerprint density at radius 3 is 1.61 bits per heavy atom. The molecule has 0 saturated heterocycles. The summed E-state index contributed by atoms with van der Waals surface area (Å²) in [6.45, 7) is 0. The van der Waals surface area contributed by atoms with Gasteiger partial charge in [-0.25, -0.2) is 15.0 Å². The molecule has 8 aromatic carbocycles. The lowest BCUT2D eigenvalue weighted by Crippen LogP contribution is -2.00. The van der Waals surface area contributed by atoms with Crippen molar-refractivity contribution in [3.63, 3.8) is 0 Å². The number of hydrogen-bond acceptors (Lipinski definition) is 6. The summed E-state index contributed by atoms with van der Waals surface area (Å²) in [6.07, 6.45) is 0. The van der Waals surface area contributed by atoms with Gasteiger partial charge in [0.05, 0.1) is 0 Å². The monoisotopic (exact) mass is 763 g/mol. The first kappa shape index (κ1) is 32.3. The number of nitrogens with zero attached hydrogens (tertiary/aromatic N) is 3. The lowest BCUT2D eigenvalue weighted by Gasteiger charge is -2.10. The molecule has 0 unspecified atom stereocenters. The molecular formula is C51H29N3OS2. The number of hydrogen-bond donors (Lipinski definition) is 0. The van der Waals surface area contributed by atoms with E-state index in [-0.39, 0.29) is 0 Å². The van der Waals surface area contributed by atoms with Crippen LogP contribution >= 0.6 is 22.7 Å². The fraction of sp³-hybridized carbons (Fsp3) is 0. The zero-order valence-corrected chi connectivity index (χ0v) is 31.9. The maximum Gasteiger partial charge on any atom is 0.165 e. The van der Waals surface area contributed by atoms with E-state index >= 15 is 0 Å². The van der Waals surface area contributed by atoms with Crippen LogP contribution in [0, 0.1) is 0 Å². The summed E-state index contributed by atoms with van der Waals surface area (Å²) in [6, 6.07) is 61.9. The molecule has 0 saturated carbocycles. The van der Waals surface area contributed by atoms with Gasteiger partial charge in [0, 0.05) is 84.5 Å². The van der Waals surface area contributed by atoms with Crippen LogP contribution in [0.2, 0.25) is 0 Å². The second-order valence-electron chi connectivity index (χ2n) is 14.3. The largest absolute Gasteiger partial charge is 0.455 e. The van der Waals surface area contributed by atoms with Gasteiger partial charge in [-0.3, -0.25) is 0 Å². The smallest absolute Gasteiger partial charge is 0.165 e. The van der Waals surface area contributed by atoms with E-state index in [4.69, 9.17) is 19.4 Å². The Hall–Kier alpha value is -6.99. The molecule has 0 N–H and O–H groups in total. The quantitative estimate of drug-likeness (QED) is 0.175. The Labute approximate surface area is 335 Å². The second-order valence-corrected chi connectivity index (χ2v) is 16.4. The first-order chi connectivity index (χ1) is 28.2. The number of rotatable bonds is 5. The summed E-state index contributed by atoms with van der Waals surface area (Å²) in [5, 5.41) is 7.18. The van der Waals surface area contributed by atoms with Crippen LogP contribution in [0.15, 0.2) is 180 Å². The van der Waals surface area contributed by atoms with Crippen LogP contribution in [-0.2, 0) is 0 Å². The van der Waals surface area contributed by atoms with Crippen molar-refractivity contribution in [3.05, 3.63) is 176 Å². The van der Waals surface area contributed by atoms with Gasteiger partial charge in [0.15, 0.2) is 17.5 Å². The van der Waals surface area contributed by atoms with E-state index in [9.17, 15) is 0 Å². The van der Waals surface area contributed by atoms with E-state index in [0.717, 1.165) is 54.5 Å². The molecule has 12 rings (SSSR count). The molecule has 12 aromatic rings. The highest BCUT2D eigenvalue weighted by atomic mass is 32.1. The lowest BCUT2D eigenvalue weighted by atomic mass is 9.94. The summed E-state index contributed by atoms with van der Waals surface area (Å²) in [4.78, 5) is 15.2. The third-order valence-electron chi connectivity index (χ3n) is 10.9. The number of para-hydroxylation sites is 2. The minimum Gasteiger partial charge on any atom is -0.455 e. The van der Waals surface area contributed by atoms with Gasteiger partial charge in [0.25, 0.3) is 0 Å². The SMILES string of the molecule is c1ccc(-c2nc(-c3ccccc3)nc(-c3cccc4c3sc3c(-c5cc(-c6cccc7c6oc6ccccc67)cc6c5sc5ccccc56)cccc34)n2)cc1. The fourth-order valence-corrected chi connectivity index (χ4v) is 10.8. The molecule has 4 heterocycles. The lowest BCUT2D eigenvalue weighted by molar-refractivity contribution is 0.670. The van der Waals surface area contributed by atoms with Crippen LogP contribution in [-0.4, -0.2) is 15.0 Å². The molecule has 0 aliphatic carbocycles. The van der Waals surface area contributed by atoms with E-state index in [2.05, 4.69) is 133 Å². The van der Waals surface area contributed by atoms with Crippen LogP contribution in [0.5, 0.6) is 0 Å². The normalized spacial score (nSPS) is 11.9. The summed E-state index contributed by atoms with van der Waals surface area (Å²) < 4.78 is 11.5. The van der Waals surface area contributed by atoms with Gasteiger partial charge in [-0.05, 0) is 35.9 Å². The van der Waals surface area contributed by atoms with E-state index in [1.54, 1.807) is 0 Å². The maximum absolute atomic E-state index is 6.59. The average Bonchev–Trinajstić information content (AvgIpc) is 3.98. The Morgan fingerprint density at radius 1 is 0.333 bits per heavy atom. The van der Waals surface area contributed by atoms with Gasteiger partial charge in [0.2, 0.25) is 0 Å². The first-order valence-electron chi connectivity index (χ1n) is 18.9. The Morgan fingerprint density at radius 2 is 0.877 bits per heavy atom. The third kappa shape index (κ3) is 5.15. The van der Waals surface area contributed by atoms with Crippen LogP contribution in [0.25, 0.3) is 119 Å². The Balaban J connectivity index is 1.11. The van der Waals surface area contributed by atoms with Crippen molar-refractivity contribution < 1.29 is 4.42 Å². The van der Waals surface area contributed by atoms with Crippen molar-refractivity contribution in [2.45, 2.75) is 0 Å². The predicted octanol–water partition coefficient (Wildman–Crippen LogP) is 14.8. The number of benzene rings is 8. The van der Waals surface area contributed by atoms with Crippen LogP contribution in [0.4, 0.5) is 0 Å². The van der Waals surface area contributed by atoms with Crippen molar-refractivity contribution in [3.8, 4) is 56.4 Å². The maximum atomic E-state index is 6.59. The van der Waals surface area contributed by atoms with Crippen LogP contribution in [0.3, 0.4) is 0 Å². The standard InChI is InChI=1S/C51H29N3OS2/c1-3-14-30(15-4-1)49-52-50(31-16-5-2-6-17-31)54-51(53-49)40-25-13-23-38-37-22-12-24-39(46(37)57-47(38)40)42-29-32(28-41-35-19-8-10-27-44(35)56-48(41)42)33-20-11-21-36-34-18-7-9-26-43(34)55-45(33)36/h1-29H. The highest BCUT2D eigenvalue weighted by Gasteiger charge is 2.21. The molecule has 0 radical (unpaired) electrons. The average molecular weight is 764 g/mol. The summed E-state index contributed by atoms with van der Waals surface area (Å²) in [7, 11) is 0. The molecule has 0 atom stereocenters. The minimum atomic E-state index is 0.654. The Bertz CT molecular complexity index is 3470. The number of fused-ring (bicyclic) bond motifs is 9. The van der Waals surface area contributed by atoms with Crippen molar-refractivity contribution >= 4 is 85.0 Å². The minimum absolute atomic E-state index is 0.654. The van der Waals surface area contributed by atoms with E-state index < -0.39 is 0 Å². The van der Waals surface area contributed by atoms with Crippen LogP contribution < -0.4 is 0 Å². The number of thiophene rings is 2. The molecule has 6 heteroatoms. The molecule has 0 aliphatic heterocycles. The summed E-state index contributed by atoms with van der Waals surface area (Å²) in [5.74, 6) is 1.97. The third-order valence-corrected chi connectivity index (χ3v) is 13.5. The molecule has 0 bridgehead atoms. The molecule has 0 spiro atoms. The fourth-order valence-electron chi connectivity index (χ4n) is 8.29. The van der Waals surface area contributed by atoms with Gasteiger partial charge in [-0.2, -0.15) is 0 Å². The topological polar surface area (TPSA) is 51.8 Å². The van der Waals surface area contributed by atoms with Crippen molar-refractivity contribution in [1.82, 2.24) is 15.0 Å². The predicted molar refractivity (Wildman–Crippen MR) is 240 cm³/mol. The van der Waals surface area contributed by atoms with Crippen molar-refractivity contribution in [2.75, 3.05) is 0 Å². The van der Waals surface area contributed by atoms with Gasteiger partial charge in [-0.1, -0.05) is 146 Å². The Kier molecular flexibility index (Phi) is 7.24. The van der Waals surface area contributed by atoms with E-state index in [1.165, 1.54) is 46.8 Å². The first-order valence-corrected chi connectivity index (χ1v) is 20.6. The zero-order chi connectivity index (χ0) is 37.5. The summed E-state index contributed by atoms with van der Waals surface area (Å²) in [5.41, 5.74) is 9.36. The van der Waals surface area contributed by atoms with Gasteiger partial charge in [0.1, 0.15) is 11.2 Å². The zero-order valence-electron chi connectivity index (χ0n) is 30.3. The number of aromatic nitrogens is 3. The van der Waals surface area contributed by atoms with Crippen molar-refractivity contribution in [2.24, 2.45) is 0 Å². The van der Waals surface area contributed by atoms with Gasteiger partial charge >= 0.3 is 0 Å². The van der Waals surface area contributed by atoms with Gasteiger partial charge < -0.3 is 4.42 Å². The molecule has 266 valence electrons. The highest BCUT2D eigenvalue weighted by Crippen LogP contribution is 2.49. The summed E-state index contributed by atoms with van der Waals surface area (Å²) >= 11 is 3.68.